The lowest BCUT2D eigenvalue weighted by Crippen LogP contribution is -2.24. The number of benzene rings is 2. The van der Waals surface area contributed by atoms with Crippen LogP contribution >= 0.6 is 0 Å². The molecule has 0 radical (unpaired) electrons. The molecule has 1 atom stereocenters. The first-order valence-electron chi connectivity index (χ1n) is 5.89. The summed E-state index contributed by atoms with van der Waals surface area (Å²) in [6.07, 6.45) is 3.86. The molecular weight excluding hydrogens is 227 g/mol. The first-order valence-corrected chi connectivity index (χ1v) is 5.89. The molecular formula is C16H13FO. The summed E-state index contributed by atoms with van der Waals surface area (Å²) in [6, 6.07) is 12.1. The first-order chi connectivity index (χ1) is 8.59. The van der Waals surface area contributed by atoms with E-state index in [-0.39, 0.29) is 5.82 Å². The van der Waals surface area contributed by atoms with Gasteiger partial charge in [-0.05, 0) is 41.3 Å². The molecule has 90 valence electrons. The average molecular weight is 240 g/mol. The van der Waals surface area contributed by atoms with Gasteiger partial charge in [-0.2, -0.15) is 0 Å². The molecule has 0 aliphatic heterocycles. The molecule has 2 heteroatoms. The van der Waals surface area contributed by atoms with Crippen LogP contribution in [0.1, 0.15) is 29.2 Å². The van der Waals surface area contributed by atoms with E-state index in [1.165, 1.54) is 12.1 Å². The van der Waals surface area contributed by atoms with Gasteiger partial charge in [0, 0.05) is 0 Å². The molecule has 0 heterocycles. The third-order valence-corrected chi connectivity index (χ3v) is 3.47. The van der Waals surface area contributed by atoms with Gasteiger partial charge < -0.3 is 5.11 Å². The van der Waals surface area contributed by atoms with Crippen LogP contribution in [0.25, 0.3) is 12.2 Å². The standard InChI is InChI=1S/C16H13FO/c1-16(18)14-5-3-2-4-11(14)6-7-12-8-9-13(17)10-15(12)16/h2-10,18H,1H3/t16-/m0/s1. The van der Waals surface area contributed by atoms with E-state index in [1.807, 2.05) is 36.4 Å². The summed E-state index contributed by atoms with van der Waals surface area (Å²) < 4.78 is 13.4. The Morgan fingerprint density at radius 2 is 1.61 bits per heavy atom. The summed E-state index contributed by atoms with van der Waals surface area (Å²) >= 11 is 0. The Hall–Kier alpha value is -1.93. The minimum Gasteiger partial charge on any atom is -0.381 e. The van der Waals surface area contributed by atoms with Crippen LogP contribution < -0.4 is 0 Å². The van der Waals surface area contributed by atoms with Crippen molar-refractivity contribution >= 4 is 12.2 Å². The zero-order valence-corrected chi connectivity index (χ0v) is 10.0. The summed E-state index contributed by atoms with van der Waals surface area (Å²) in [6.45, 7) is 1.71. The van der Waals surface area contributed by atoms with Crippen LogP contribution in [0, 0.1) is 5.82 Å². The maximum atomic E-state index is 13.4. The highest BCUT2D eigenvalue weighted by molar-refractivity contribution is 5.77. The molecule has 0 aromatic heterocycles. The van der Waals surface area contributed by atoms with Crippen molar-refractivity contribution in [3.05, 3.63) is 70.5 Å². The molecule has 0 amide bonds. The van der Waals surface area contributed by atoms with Crippen molar-refractivity contribution in [2.75, 3.05) is 0 Å². The molecule has 0 unspecified atom stereocenters. The van der Waals surface area contributed by atoms with E-state index < -0.39 is 5.60 Å². The SMILES string of the molecule is C[C@]1(O)c2ccccc2C=Cc2ccc(F)cc21. The van der Waals surface area contributed by atoms with Crippen LogP contribution in [0.5, 0.6) is 0 Å². The van der Waals surface area contributed by atoms with Gasteiger partial charge in [0.25, 0.3) is 0 Å². The first kappa shape index (κ1) is 11.2. The average Bonchev–Trinajstić information content (AvgIpc) is 2.47. The molecule has 3 rings (SSSR count). The van der Waals surface area contributed by atoms with Crippen LogP contribution in [-0.2, 0) is 5.60 Å². The molecule has 1 aliphatic carbocycles. The molecule has 1 aliphatic rings. The monoisotopic (exact) mass is 240 g/mol. The van der Waals surface area contributed by atoms with Crippen molar-refractivity contribution in [3.63, 3.8) is 0 Å². The molecule has 18 heavy (non-hydrogen) atoms. The number of rotatable bonds is 0. The van der Waals surface area contributed by atoms with E-state index in [1.54, 1.807) is 13.0 Å². The van der Waals surface area contributed by atoms with E-state index in [9.17, 15) is 9.50 Å². The van der Waals surface area contributed by atoms with Crippen LogP contribution in [0.4, 0.5) is 4.39 Å². The van der Waals surface area contributed by atoms with Gasteiger partial charge in [0.05, 0.1) is 0 Å². The van der Waals surface area contributed by atoms with Crippen molar-refractivity contribution in [2.24, 2.45) is 0 Å². The molecule has 2 aromatic rings. The molecule has 2 aromatic carbocycles. The largest absolute Gasteiger partial charge is 0.381 e. The van der Waals surface area contributed by atoms with E-state index in [0.29, 0.717) is 5.56 Å². The van der Waals surface area contributed by atoms with Crippen molar-refractivity contribution in [2.45, 2.75) is 12.5 Å². The van der Waals surface area contributed by atoms with Crippen molar-refractivity contribution in [3.8, 4) is 0 Å². The maximum absolute atomic E-state index is 13.4. The number of aliphatic hydroxyl groups is 1. The second kappa shape index (κ2) is 3.79. The van der Waals surface area contributed by atoms with Gasteiger partial charge in [-0.15, -0.1) is 0 Å². The minimum atomic E-state index is -1.18. The normalized spacial score (nSPS) is 21.1. The Morgan fingerprint density at radius 3 is 2.39 bits per heavy atom. The van der Waals surface area contributed by atoms with Gasteiger partial charge in [-0.25, -0.2) is 4.39 Å². The van der Waals surface area contributed by atoms with E-state index in [4.69, 9.17) is 0 Å². The Bertz CT molecular complexity index is 641. The second-order valence-electron chi connectivity index (χ2n) is 4.72. The van der Waals surface area contributed by atoms with Crippen LogP contribution in [0.15, 0.2) is 42.5 Å². The lowest BCUT2D eigenvalue weighted by molar-refractivity contribution is 0.102. The Kier molecular flexibility index (Phi) is 2.35. The minimum absolute atomic E-state index is 0.332. The number of hydrogen-bond donors (Lipinski definition) is 1. The van der Waals surface area contributed by atoms with E-state index in [2.05, 4.69) is 0 Å². The molecule has 0 saturated carbocycles. The zero-order chi connectivity index (χ0) is 12.8. The molecule has 1 N–H and O–H groups in total. The van der Waals surface area contributed by atoms with Gasteiger partial charge in [0.15, 0.2) is 0 Å². The fourth-order valence-electron chi connectivity index (χ4n) is 2.51. The Morgan fingerprint density at radius 1 is 0.944 bits per heavy atom. The molecule has 1 nitrogen and oxygen atoms in total. The number of fused-ring (bicyclic) bond motifs is 2. The Balaban J connectivity index is 2.34. The Labute approximate surface area is 105 Å². The molecule has 0 bridgehead atoms. The fraction of sp³-hybridized carbons (Fsp3) is 0.125. The highest BCUT2D eigenvalue weighted by atomic mass is 19.1. The van der Waals surface area contributed by atoms with Gasteiger partial charge in [0.2, 0.25) is 0 Å². The predicted molar refractivity (Wildman–Crippen MR) is 70.4 cm³/mol. The number of halogens is 1. The topological polar surface area (TPSA) is 20.2 Å². The number of hydrogen-bond acceptors (Lipinski definition) is 1. The molecule has 0 fully saturated rings. The van der Waals surface area contributed by atoms with Crippen LogP contribution in [0.2, 0.25) is 0 Å². The quantitative estimate of drug-likeness (QED) is 0.746. The van der Waals surface area contributed by atoms with E-state index >= 15 is 0 Å². The summed E-state index contributed by atoms with van der Waals surface area (Å²) in [5.41, 5.74) is 2.02. The summed E-state index contributed by atoms with van der Waals surface area (Å²) in [7, 11) is 0. The second-order valence-corrected chi connectivity index (χ2v) is 4.72. The maximum Gasteiger partial charge on any atom is 0.123 e. The van der Waals surface area contributed by atoms with Crippen molar-refractivity contribution in [1.82, 2.24) is 0 Å². The predicted octanol–water partition coefficient (Wildman–Crippen LogP) is 3.57. The fourth-order valence-corrected chi connectivity index (χ4v) is 2.51. The van der Waals surface area contributed by atoms with Crippen LogP contribution in [-0.4, -0.2) is 5.11 Å². The van der Waals surface area contributed by atoms with Crippen molar-refractivity contribution in [1.29, 1.82) is 0 Å². The van der Waals surface area contributed by atoms with E-state index in [0.717, 1.165) is 16.7 Å². The van der Waals surface area contributed by atoms with Crippen LogP contribution in [0.3, 0.4) is 0 Å². The summed E-state index contributed by atoms with van der Waals surface area (Å²) in [5, 5.41) is 10.8. The summed E-state index contributed by atoms with van der Waals surface area (Å²) in [4.78, 5) is 0. The molecule has 0 spiro atoms. The third-order valence-electron chi connectivity index (χ3n) is 3.47. The molecule has 0 saturated heterocycles. The van der Waals surface area contributed by atoms with Gasteiger partial charge in [0.1, 0.15) is 11.4 Å². The van der Waals surface area contributed by atoms with Gasteiger partial charge in [-0.1, -0.05) is 42.5 Å². The lowest BCUT2D eigenvalue weighted by Gasteiger charge is -2.26. The highest BCUT2D eigenvalue weighted by Crippen LogP contribution is 2.37. The van der Waals surface area contributed by atoms with Gasteiger partial charge >= 0.3 is 0 Å². The third kappa shape index (κ3) is 1.57. The lowest BCUT2D eigenvalue weighted by atomic mass is 9.85. The zero-order valence-electron chi connectivity index (χ0n) is 10.0. The van der Waals surface area contributed by atoms with Crippen molar-refractivity contribution < 1.29 is 9.50 Å². The highest BCUT2D eigenvalue weighted by Gasteiger charge is 2.31. The summed E-state index contributed by atoms with van der Waals surface area (Å²) in [5.74, 6) is -0.332. The smallest absolute Gasteiger partial charge is 0.123 e. The van der Waals surface area contributed by atoms with Gasteiger partial charge in [-0.3, -0.25) is 0 Å².